The fourth-order valence-corrected chi connectivity index (χ4v) is 7.67. The van der Waals surface area contributed by atoms with E-state index in [9.17, 15) is 0 Å². The van der Waals surface area contributed by atoms with Crippen LogP contribution >= 0.6 is 0 Å². The second-order valence-corrected chi connectivity index (χ2v) is 13.4. The molecule has 0 N–H and O–H groups in total. The van der Waals surface area contributed by atoms with Gasteiger partial charge in [-0.1, -0.05) is 120 Å². The molecule has 2 nitrogen and oxygen atoms in total. The van der Waals surface area contributed by atoms with Crippen molar-refractivity contribution in [2.45, 2.75) is 13.1 Å². The fourth-order valence-electron chi connectivity index (χ4n) is 7.67. The SMILES string of the molecule is CN1Cc2[c-]c(ccc2)-c2cc(-c3cccc4ccccc34)ccc2N(C)Cc2[c-]c(ccc2)-c2cc(-c3cccc4ccccc34)ccc21.[Pt+4]. The molecule has 3 heteroatoms. The van der Waals surface area contributed by atoms with E-state index in [1.807, 2.05) is 0 Å². The predicted octanol–water partition coefficient (Wildman–Crippen LogP) is 11.8. The number of rotatable bonds is 2. The van der Waals surface area contributed by atoms with Crippen molar-refractivity contribution in [3.8, 4) is 44.5 Å². The molecule has 0 radical (unpaired) electrons. The van der Waals surface area contributed by atoms with Crippen molar-refractivity contribution in [1.82, 2.24) is 0 Å². The number of nitrogens with zero attached hydrogens (tertiary/aromatic N) is 2. The maximum atomic E-state index is 3.84. The number of hydrogen-bond acceptors (Lipinski definition) is 2. The third-order valence-electron chi connectivity index (χ3n) is 10.1. The van der Waals surface area contributed by atoms with Crippen LogP contribution in [0.5, 0.6) is 0 Å². The van der Waals surface area contributed by atoms with E-state index in [1.165, 1.54) is 66.3 Å². The van der Waals surface area contributed by atoms with Crippen LogP contribution < -0.4 is 9.80 Å². The quantitative estimate of drug-likeness (QED) is 0.160. The minimum absolute atomic E-state index is 0. The van der Waals surface area contributed by atoms with E-state index in [0.717, 1.165) is 35.3 Å². The van der Waals surface area contributed by atoms with E-state index in [2.05, 4.69) is 194 Å². The first-order chi connectivity index (χ1) is 24.6. The van der Waals surface area contributed by atoms with E-state index in [0.29, 0.717) is 0 Å². The standard InChI is InChI=1S/C48H36N2.Pt/c1-49-31-33-11-7-18-38(27-33)46-30-40(44-22-10-16-36-14-4-6-20-42(36)44)24-26-48(46)50(2)32-34-12-8-17-37(28-34)45-29-39(23-25-47(45)49)43-21-9-15-35-13-3-5-19-41(35)43;/h3-26,29-30H,31-32H2,1-2H3;/q-2;+4. The van der Waals surface area contributed by atoms with Crippen molar-refractivity contribution >= 4 is 32.9 Å². The van der Waals surface area contributed by atoms with Gasteiger partial charge in [0.25, 0.3) is 0 Å². The van der Waals surface area contributed by atoms with Gasteiger partial charge in [0.05, 0.1) is 0 Å². The molecule has 4 bridgehead atoms. The average Bonchev–Trinajstić information content (AvgIpc) is 3.17. The third kappa shape index (κ3) is 6.15. The zero-order chi connectivity index (χ0) is 33.6. The smallest absolute Gasteiger partial charge is 0.379 e. The topological polar surface area (TPSA) is 6.48 Å². The van der Waals surface area contributed by atoms with Gasteiger partial charge in [-0.25, -0.2) is 0 Å². The van der Waals surface area contributed by atoms with Gasteiger partial charge in [0, 0.05) is 38.6 Å². The van der Waals surface area contributed by atoms with E-state index in [1.54, 1.807) is 0 Å². The maximum Gasteiger partial charge on any atom is 4.00 e. The van der Waals surface area contributed by atoms with Gasteiger partial charge in [-0.15, -0.1) is 70.8 Å². The summed E-state index contributed by atoms with van der Waals surface area (Å²) >= 11 is 0. The summed E-state index contributed by atoms with van der Waals surface area (Å²) in [4.78, 5) is 4.70. The van der Waals surface area contributed by atoms with Gasteiger partial charge in [0.2, 0.25) is 0 Å². The molecule has 0 aliphatic carbocycles. The summed E-state index contributed by atoms with van der Waals surface area (Å²) in [5, 5.41) is 5.02. The molecule has 0 saturated heterocycles. The number of hydrogen-bond donors (Lipinski definition) is 0. The van der Waals surface area contributed by atoms with Crippen molar-refractivity contribution in [2.24, 2.45) is 0 Å². The Hall–Kier alpha value is -5.43. The molecule has 8 aromatic carbocycles. The molecule has 0 aromatic heterocycles. The molecule has 1 aliphatic rings. The minimum atomic E-state index is 0. The average molecular weight is 836 g/mol. The fraction of sp³-hybridized carbons (Fsp3) is 0.0833. The van der Waals surface area contributed by atoms with Crippen molar-refractivity contribution in [2.75, 3.05) is 23.9 Å². The Bertz CT molecular complexity index is 2360. The summed E-state index contributed by atoms with van der Waals surface area (Å²) in [5.74, 6) is 0. The summed E-state index contributed by atoms with van der Waals surface area (Å²) in [6.45, 7) is 1.45. The second-order valence-electron chi connectivity index (χ2n) is 13.4. The summed E-state index contributed by atoms with van der Waals surface area (Å²) in [7, 11) is 4.37. The Morgan fingerprint density at radius 2 is 0.824 bits per heavy atom. The van der Waals surface area contributed by atoms with Crippen molar-refractivity contribution in [3.63, 3.8) is 0 Å². The molecule has 1 heterocycles. The van der Waals surface area contributed by atoms with Crippen LogP contribution in [0.2, 0.25) is 0 Å². The van der Waals surface area contributed by atoms with Crippen LogP contribution in [0.15, 0.2) is 158 Å². The molecular weight excluding hydrogens is 800 g/mol. The van der Waals surface area contributed by atoms with E-state index in [-0.39, 0.29) is 21.1 Å². The Balaban J connectivity index is 0.00000374. The number of benzene rings is 8. The van der Waals surface area contributed by atoms with Crippen LogP contribution in [0.25, 0.3) is 66.1 Å². The van der Waals surface area contributed by atoms with Gasteiger partial charge in [-0.3, -0.25) is 0 Å². The van der Waals surface area contributed by atoms with Gasteiger partial charge in [0.1, 0.15) is 0 Å². The number of anilines is 2. The Kier molecular flexibility index (Phi) is 8.80. The molecule has 0 fully saturated rings. The summed E-state index contributed by atoms with van der Waals surface area (Å²) in [6.07, 6.45) is 0. The minimum Gasteiger partial charge on any atom is -0.379 e. The van der Waals surface area contributed by atoms with Crippen molar-refractivity contribution < 1.29 is 21.1 Å². The summed E-state index contributed by atoms with van der Waals surface area (Å²) in [5.41, 5.74) is 14.1. The van der Waals surface area contributed by atoms with Crippen LogP contribution in [0.4, 0.5) is 11.4 Å². The molecular formula is C48H36N2Pt+2. The molecule has 9 rings (SSSR count). The van der Waals surface area contributed by atoms with Crippen LogP contribution in [-0.2, 0) is 34.2 Å². The van der Waals surface area contributed by atoms with Gasteiger partial charge >= 0.3 is 21.1 Å². The van der Waals surface area contributed by atoms with Crippen LogP contribution in [-0.4, -0.2) is 14.1 Å². The largest absolute Gasteiger partial charge is 4.00 e. The molecule has 51 heavy (non-hydrogen) atoms. The Morgan fingerprint density at radius 3 is 1.29 bits per heavy atom. The first-order valence-corrected chi connectivity index (χ1v) is 17.3. The molecule has 0 amide bonds. The van der Waals surface area contributed by atoms with Crippen molar-refractivity contribution in [1.29, 1.82) is 0 Å². The Labute approximate surface area is 314 Å². The summed E-state index contributed by atoms with van der Waals surface area (Å²) < 4.78 is 0. The van der Waals surface area contributed by atoms with Gasteiger partial charge < -0.3 is 9.80 Å². The van der Waals surface area contributed by atoms with Crippen LogP contribution in [0.1, 0.15) is 11.1 Å². The first kappa shape index (κ1) is 32.8. The molecule has 0 saturated carbocycles. The molecule has 0 spiro atoms. The maximum absolute atomic E-state index is 3.84. The van der Waals surface area contributed by atoms with Crippen LogP contribution in [0, 0.1) is 12.1 Å². The third-order valence-corrected chi connectivity index (χ3v) is 10.1. The molecule has 0 atom stereocenters. The molecule has 8 aromatic rings. The molecule has 0 unspecified atom stereocenters. The second kappa shape index (κ2) is 13.7. The normalized spacial score (nSPS) is 12.5. The zero-order valence-corrected chi connectivity index (χ0v) is 30.9. The summed E-state index contributed by atoms with van der Waals surface area (Å²) in [6, 6.07) is 65.0. The van der Waals surface area contributed by atoms with Crippen LogP contribution in [0.3, 0.4) is 0 Å². The van der Waals surface area contributed by atoms with E-state index in [4.69, 9.17) is 0 Å². The zero-order valence-electron chi connectivity index (χ0n) is 28.6. The van der Waals surface area contributed by atoms with Crippen molar-refractivity contribution in [3.05, 3.63) is 181 Å². The predicted molar refractivity (Wildman–Crippen MR) is 212 cm³/mol. The molecule has 1 aliphatic heterocycles. The van der Waals surface area contributed by atoms with Gasteiger partial charge in [0.15, 0.2) is 0 Å². The van der Waals surface area contributed by atoms with E-state index < -0.39 is 0 Å². The first-order valence-electron chi connectivity index (χ1n) is 17.3. The number of fused-ring (bicyclic) bond motifs is 10. The van der Waals surface area contributed by atoms with Gasteiger partial charge in [-0.2, -0.15) is 0 Å². The van der Waals surface area contributed by atoms with Gasteiger partial charge in [-0.05, 0) is 55.9 Å². The Morgan fingerprint density at radius 1 is 0.412 bits per heavy atom. The monoisotopic (exact) mass is 835 g/mol. The van der Waals surface area contributed by atoms with E-state index >= 15 is 0 Å². The molecule has 246 valence electrons.